The molecule has 0 spiro atoms. The van der Waals surface area contributed by atoms with Crippen molar-refractivity contribution in [3.05, 3.63) is 0 Å². The van der Waals surface area contributed by atoms with Crippen LogP contribution in [0.2, 0.25) is 0 Å². The minimum Gasteiger partial charge on any atom is -0.313 e. The summed E-state index contributed by atoms with van der Waals surface area (Å²) in [5, 5.41) is 3.56. The van der Waals surface area contributed by atoms with Gasteiger partial charge in [-0.3, -0.25) is 0 Å². The molecule has 1 N–H and O–H groups in total. The molecular weight excluding hydrogens is 146 g/mol. The Morgan fingerprint density at radius 2 is 1.92 bits per heavy atom. The quantitative estimate of drug-likeness (QED) is 0.673. The van der Waals surface area contributed by atoms with E-state index in [1.54, 1.807) is 0 Å². The molecule has 12 heavy (non-hydrogen) atoms. The van der Waals surface area contributed by atoms with Crippen molar-refractivity contribution < 1.29 is 0 Å². The van der Waals surface area contributed by atoms with E-state index in [2.05, 4.69) is 26.1 Å². The Bertz CT molecular complexity index is 99.2. The van der Waals surface area contributed by atoms with Gasteiger partial charge in [0.25, 0.3) is 0 Å². The van der Waals surface area contributed by atoms with Crippen LogP contribution in [-0.4, -0.2) is 12.6 Å². The molecule has 0 bridgehead atoms. The van der Waals surface area contributed by atoms with Gasteiger partial charge in [0.05, 0.1) is 0 Å². The van der Waals surface area contributed by atoms with Gasteiger partial charge in [0.2, 0.25) is 0 Å². The second-order valence-electron chi connectivity index (χ2n) is 3.68. The van der Waals surface area contributed by atoms with Crippen molar-refractivity contribution in [2.24, 2.45) is 11.8 Å². The summed E-state index contributed by atoms with van der Waals surface area (Å²) in [5.74, 6) is 1.76. The van der Waals surface area contributed by atoms with Crippen molar-refractivity contribution in [1.29, 1.82) is 0 Å². The highest BCUT2D eigenvalue weighted by molar-refractivity contribution is 4.84. The van der Waals surface area contributed by atoms with E-state index in [0.717, 1.165) is 17.9 Å². The van der Waals surface area contributed by atoms with Crippen molar-refractivity contribution in [1.82, 2.24) is 5.32 Å². The van der Waals surface area contributed by atoms with Crippen molar-refractivity contribution in [2.45, 2.75) is 53.5 Å². The molecule has 0 saturated carbocycles. The Balaban J connectivity index is 0.000000561. The summed E-state index contributed by atoms with van der Waals surface area (Å²) in [6, 6.07) is 0.796. The van der Waals surface area contributed by atoms with E-state index >= 15 is 0 Å². The van der Waals surface area contributed by atoms with Crippen molar-refractivity contribution in [3.8, 4) is 0 Å². The molecule has 1 saturated heterocycles. The van der Waals surface area contributed by atoms with Crippen LogP contribution in [0.25, 0.3) is 0 Å². The van der Waals surface area contributed by atoms with E-state index in [1.165, 1.54) is 19.4 Å². The van der Waals surface area contributed by atoms with Crippen LogP contribution in [0.1, 0.15) is 47.5 Å². The van der Waals surface area contributed by atoms with Crippen LogP contribution in [0.4, 0.5) is 0 Å². The number of hydrogen-bond acceptors (Lipinski definition) is 1. The van der Waals surface area contributed by atoms with Crippen LogP contribution in [0.5, 0.6) is 0 Å². The molecule has 0 aromatic carbocycles. The average molecular weight is 171 g/mol. The minimum absolute atomic E-state index is 0.796. The van der Waals surface area contributed by atoms with E-state index < -0.39 is 0 Å². The van der Waals surface area contributed by atoms with Crippen LogP contribution in [0.3, 0.4) is 0 Å². The molecular formula is C11H25N. The highest BCUT2D eigenvalue weighted by Crippen LogP contribution is 2.23. The van der Waals surface area contributed by atoms with Crippen LogP contribution in [-0.2, 0) is 0 Å². The molecule has 74 valence electrons. The highest BCUT2D eigenvalue weighted by Gasteiger charge is 2.26. The van der Waals surface area contributed by atoms with Crippen molar-refractivity contribution in [2.75, 3.05) is 6.54 Å². The fourth-order valence-electron chi connectivity index (χ4n) is 2.02. The molecule has 2 atom stereocenters. The first kappa shape index (κ1) is 12.0. The van der Waals surface area contributed by atoms with Gasteiger partial charge in [-0.25, -0.2) is 0 Å². The molecule has 0 aliphatic carbocycles. The monoisotopic (exact) mass is 171 g/mol. The third kappa shape index (κ3) is 3.14. The van der Waals surface area contributed by atoms with Gasteiger partial charge in [-0.2, -0.15) is 0 Å². The second kappa shape index (κ2) is 6.47. The van der Waals surface area contributed by atoms with E-state index in [4.69, 9.17) is 0 Å². The average Bonchev–Trinajstić information content (AvgIpc) is 2.55. The largest absolute Gasteiger partial charge is 0.313 e. The zero-order valence-electron chi connectivity index (χ0n) is 9.35. The van der Waals surface area contributed by atoms with Crippen LogP contribution < -0.4 is 5.32 Å². The van der Waals surface area contributed by atoms with E-state index in [0.29, 0.717) is 0 Å². The SMILES string of the molecule is CC.CCC1CCNC1C(C)C. The maximum atomic E-state index is 3.56. The normalized spacial score (nSPS) is 28.5. The molecule has 1 heteroatoms. The van der Waals surface area contributed by atoms with Gasteiger partial charge >= 0.3 is 0 Å². The highest BCUT2D eigenvalue weighted by atomic mass is 15.0. The fourth-order valence-corrected chi connectivity index (χ4v) is 2.02. The van der Waals surface area contributed by atoms with Crippen molar-refractivity contribution >= 4 is 0 Å². The molecule has 1 nitrogen and oxygen atoms in total. The number of hydrogen-bond donors (Lipinski definition) is 1. The maximum Gasteiger partial charge on any atom is 0.0119 e. The molecule has 0 radical (unpaired) electrons. The lowest BCUT2D eigenvalue weighted by Gasteiger charge is -2.21. The van der Waals surface area contributed by atoms with Gasteiger partial charge in [-0.05, 0) is 24.8 Å². The lowest BCUT2D eigenvalue weighted by atomic mass is 9.90. The van der Waals surface area contributed by atoms with Crippen LogP contribution in [0, 0.1) is 11.8 Å². The van der Waals surface area contributed by atoms with E-state index in [-0.39, 0.29) is 0 Å². The van der Waals surface area contributed by atoms with E-state index in [9.17, 15) is 0 Å². The minimum atomic E-state index is 0.796. The Labute approximate surface area is 77.9 Å². The fraction of sp³-hybridized carbons (Fsp3) is 1.00. The molecule has 1 aliphatic rings. The lowest BCUT2D eigenvalue weighted by Crippen LogP contribution is -2.31. The summed E-state index contributed by atoms with van der Waals surface area (Å²) in [7, 11) is 0. The van der Waals surface area contributed by atoms with Crippen molar-refractivity contribution in [3.63, 3.8) is 0 Å². The summed E-state index contributed by atoms with van der Waals surface area (Å²) in [6.45, 7) is 12.2. The molecule has 1 rings (SSSR count). The summed E-state index contributed by atoms with van der Waals surface area (Å²) in [5.41, 5.74) is 0. The Kier molecular flexibility index (Phi) is 6.45. The molecule has 1 heterocycles. The molecule has 0 aromatic rings. The van der Waals surface area contributed by atoms with Gasteiger partial charge in [-0.1, -0.05) is 41.0 Å². The lowest BCUT2D eigenvalue weighted by molar-refractivity contribution is 0.347. The first-order valence-corrected chi connectivity index (χ1v) is 5.49. The van der Waals surface area contributed by atoms with Gasteiger partial charge < -0.3 is 5.32 Å². The predicted molar refractivity (Wildman–Crippen MR) is 56.4 cm³/mol. The molecule has 2 unspecified atom stereocenters. The standard InChI is InChI=1S/C9H19N.C2H6/c1-4-8-5-6-10-9(8)7(2)3;1-2/h7-10H,4-6H2,1-3H3;1-2H3. The zero-order chi connectivity index (χ0) is 9.56. The third-order valence-corrected chi connectivity index (χ3v) is 2.65. The molecule has 1 fully saturated rings. The van der Waals surface area contributed by atoms with Crippen LogP contribution >= 0.6 is 0 Å². The molecule has 0 aromatic heterocycles. The number of nitrogens with one attached hydrogen (secondary N) is 1. The Morgan fingerprint density at radius 1 is 1.33 bits per heavy atom. The molecule has 0 amide bonds. The smallest absolute Gasteiger partial charge is 0.0119 e. The zero-order valence-corrected chi connectivity index (χ0v) is 9.35. The maximum absolute atomic E-state index is 3.56. The Morgan fingerprint density at radius 3 is 2.25 bits per heavy atom. The van der Waals surface area contributed by atoms with E-state index in [1.807, 2.05) is 13.8 Å². The summed E-state index contributed by atoms with van der Waals surface area (Å²) in [6.07, 6.45) is 2.73. The topological polar surface area (TPSA) is 12.0 Å². The second-order valence-corrected chi connectivity index (χ2v) is 3.68. The number of rotatable bonds is 2. The first-order chi connectivity index (χ1) is 5.75. The summed E-state index contributed by atoms with van der Waals surface area (Å²) in [4.78, 5) is 0. The van der Waals surface area contributed by atoms with Gasteiger partial charge in [0.1, 0.15) is 0 Å². The predicted octanol–water partition coefficient (Wildman–Crippen LogP) is 3.06. The van der Waals surface area contributed by atoms with Gasteiger partial charge in [-0.15, -0.1) is 0 Å². The Hall–Kier alpha value is -0.0400. The molecule has 1 aliphatic heterocycles. The van der Waals surface area contributed by atoms with Gasteiger partial charge in [0.15, 0.2) is 0 Å². The van der Waals surface area contributed by atoms with Gasteiger partial charge in [0, 0.05) is 6.04 Å². The summed E-state index contributed by atoms with van der Waals surface area (Å²) >= 11 is 0. The summed E-state index contributed by atoms with van der Waals surface area (Å²) < 4.78 is 0. The third-order valence-electron chi connectivity index (χ3n) is 2.65. The first-order valence-electron chi connectivity index (χ1n) is 5.49. The van der Waals surface area contributed by atoms with Crippen LogP contribution in [0.15, 0.2) is 0 Å².